The number of rotatable bonds is 6. The summed E-state index contributed by atoms with van der Waals surface area (Å²) >= 11 is 0. The van der Waals surface area contributed by atoms with E-state index in [9.17, 15) is 14.0 Å². The molecule has 2 aromatic rings. The molecule has 0 spiro atoms. The van der Waals surface area contributed by atoms with Crippen molar-refractivity contribution in [1.82, 2.24) is 10.6 Å². The molecule has 2 aromatic carbocycles. The van der Waals surface area contributed by atoms with Crippen LogP contribution in [0.4, 0.5) is 14.9 Å². The van der Waals surface area contributed by atoms with E-state index in [1.54, 1.807) is 38.2 Å². The van der Waals surface area contributed by atoms with Crippen molar-refractivity contribution in [2.24, 2.45) is 0 Å². The second kappa shape index (κ2) is 8.68. The van der Waals surface area contributed by atoms with Gasteiger partial charge in [-0.2, -0.15) is 0 Å². The van der Waals surface area contributed by atoms with Crippen LogP contribution in [0.25, 0.3) is 0 Å². The quantitative estimate of drug-likeness (QED) is 0.753. The molecule has 3 N–H and O–H groups in total. The Hall–Kier alpha value is -3.09. The van der Waals surface area contributed by atoms with E-state index in [-0.39, 0.29) is 18.2 Å². The first kappa shape index (κ1) is 18.3. The molecule has 0 aliphatic heterocycles. The Balaban J connectivity index is 1.94. The summed E-state index contributed by atoms with van der Waals surface area (Å²) in [6.07, 6.45) is 0. The second-order valence-corrected chi connectivity index (χ2v) is 5.16. The third-order valence-corrected chi connectivity index (χ3v) is 3.39. The summed E-state index contributed by atoms with van der Waals surface area (Å²) in [7, 11) is 1.56. The van der Waals surface area contributed by atoms with Gasteiger partial charge in [-0.1, -0.05) is 12.1 Å². The normalized spacial score (nSPS) is 10.0. The number of carbonyl (C=O) groups excluding carboxylic acids is 2. The molecule has 3 amide bonds. The average molecular weight is 345 g/mol. The Morgan fingerprint density at radius 3 is 2.48 bits per heavy atom. The maximum Gasteiger partial charge on any atom is 0.319 e. The van der Waals surface area contributed by atoms with Gasteiger partial charge in [-0.3, -0.25) is 4.79 Å². The molecule has 0 saturated heterocycles. The molecule has 0 aliphatic rings. The topological polar surface area (TPSA) is 79.5 Å². The van der Waals surface area contributed by atoms with Crippen molar-refractivity contribution in [3.8, 4) is 5.75 Å². The van der Waals surface area contributed by atoms with Gasteiger partial charge < -0.3 is 20.7 Å². The lowest BCUT2D eigenvalue weighted by molar-refractivity contribution is 0.0963. The predicted molar refractivity (Wildman–Crippen MR) is 93.3 cm³/mol. The van der Waals surface area contributed by atoms with E-state index >= 15 is 0 Å². The lowest BCUT2D eigenvalue weighted by Gasteiger charge is -2.12. The molecule has 25 heavy (non-hydrogen) atoms. The van der Waals surface area contributed by atoms with Crippen molar-refractivity contribution in [1.29, 1.82) is 0 Å². The van der Waals surface area contributed by atoms with Gasteiger partial charge in [0, 0.05) is 25.2 Å². The minimum Gasteiger partial charge on any atom is -0.492 e. The molecule has 0 unspecified atom stereocenters. The fraction of sp³-hybridized carbons (Fsp3) is 0.222. The molecule has 132 valence electrons. The molecule has 0 heterocycles. The molecule has 0 fully saturated rings. The molecule has 0 saturated carbocycles. The standard InChI is InChI=1S/C18H20FN3O3/c1-3-25-16-10-14(19)8-9-15(16)22-18(24)21-11-12-4-6-13(7-5-12)17(23)20-2/h4-10H,3,11H2,1-2H3,(H,20,23)(H2,21,22,24). The van der Waals surface area contributed by atoms with Crippen LogP contribution in [0.2, 0.25) is 0 Å². The molecule has 0 aliphatic carbocycles. The number of nitrogens with one attached hydrogen (secondary N) is 3. The van der Waals surface area contributed by atoms with Crippen molar-refractivity contribution < 1.29 is 18.7 Å². The Kier molecular flexibility index (Phi) is 6.33. The fourth-order valence-electron chi connectivity index (χ4n) is 2.14. The average Bonchev–Trinajstić information content (AvgIpc) is 2.62. The third-order valence-electron chi connectivity index (χ3n) is 3.39. The van der Waals surface area contributed by atoms with Crippen molar-refractivity contribution in [2.75, 3.05) is 19.0 Å². The van der Waals surface area contributed by atoms with Crippen LogP contribution in [0.5, 0.6) is 5.75 Å². The van der Waals surface area contributed by atoms with Crippen LogP contribution in [0.15, 0.2) is 42.5 Å². The zero-order valence-electron chi connectivity index (χ0n) is 14.1. The number of anilines is 1. The predicted octanol–water partition coefficient (Wildman–Crippen LogP) is 2.91. The molecule has 0 bridgehead atoms. The summed E-state index contributed by atoms with van der Waals surface area (Å²) in [6, 6.07) is 10.3. The summed E-state index contributed by atoms with van der Waals surface area (Å²) in [6.45, 7) is 2.42. The Morgan fingerprint density at radius 1 is 1.12 bits per heavy atom. The first-order valence-corrected chi connectivity index (χ1v) is 7.81. The first-order valence-electron chi connectivity index (χ1n) is 7.81. The van der Waals surface area contributed by atoms with Gasteiger partial charge in [-0.25, -0.2) is 9.18 Å². The van der Waals surface area contributed by atoms with Gasteiger partial charge in [0.1, 0.15) is 11.6 Å². The summed E-state index contributed by atoms with van der Waals surface area (Å²) in [5.74, 6) is -0.338. The van der Waals surface area contributed by atoms with Crippen LogP contribution < -0.4 is 20.7 Å². The van der Waals surface area contributed by atoms with E-state index in [4.69, 9.17) is 4.74 Å². The lowest BCUT2D eigenvalue weighted by Crippen LogP contribution is -2.28. The number of ether oxygens (including phenoxy) is 1. The fourth-order valence-corrected chi connectivity index (χ4v) is 2.14. The smallest absolute Gasteiger partial charge is 0.319 e. The minimum atomic E-state index is -0.442. The number of hydrogen-bond acceptors (Lipinski definition) is 3. The maximum absolute atomic E-state index is 13.3. The van der Waals surface area contributed by atoms with E-state index in [0.29, 0.717) is 17.9 Å². The van der Waals surface area contributed by atoms with Crippen LogP contribution in [0.1, 0.15) is 22.8 Å². The highest BCUT2D eigenvalue weighted by molar-refractivity contribution is 5.94. The third kappa shape index (κ3) is 5.20. The molecule has 0 atom stereocenters. The van der Waals surface area contributed by atoms with E-state index < -0.39 is 11.8 Å². The SMILES string of the molecule is CCOc1cc(F)ccc1NC(=O)NCc1ccc(C(=O)NC)cc1. The Morgan fingerprint density at radius 2 is 1.84 bits per heavy atom. The van der Waals surface area contributed by atoms with Crippen LogP contribution >= 0.6 is 0 Å². The molecule has 6 nitrogen and oxygen atoms in total. The van der Waals surface area contributed by atoms with Gasteiger partial charge in [0.15, 0.2) is 0 Å². The van der Waals surface area contributed by atoms with Gasteiger partial charge in [0.2, 0.25) is 0 Å². The molecule has 2 rings (SSSR count). The summed E-state index contributed by atoms with van der Waals surface area (Å²) in [5.41, 5.74) is 1.77. The minimum absolute atomic E-state index is 0.169. The summed E-state index contributed by atoms with van der Waals surface area (Å²) in [4.78, 5) is 23.5. The largest absolute Gasteiger partial charge is 0.492 e. The van der Waals surface area contributed by atoms with Crippen LogP contribution in [-0.2, 0) is 6.54 Å². The highest BCUT2D eigenvalue weighted by Gasteiger charge is 2.09. The molecular formula is C18H20FN3O3. The molecule has 0 aromatic heterocycles. The zero-order valence-corrected chi connectivity index (χ0v) is 14.1. The first-order chi connectivity index (χ1) is 12.0. The summed E-state index contributed by atoms with van der Waals surface area (Å²) < 4.78 is 18.6. The van der Waals surface area contributed by atoms with E-state index in [0.717, 1.165) is 5.56 Å². The van der Waals surface area contributed by atoms with E-state index in [1.807, 2.05) is 0 Å². The number of urea groups is 1. The van der Waals surface area contributed by atoms with Crippen LogP contribution in [-0.4, -0.2) is 25.6 Å². The van der Waals surface area contributed by atoms with Crippen molar-refractivity contribution in [3.63, 3.8) is 0 Å². The zero-order chi connectivity index (χ0) is 18.2. The van der Waals surface area contributed by atoms with Gasteiger partial charge >= 0.3 is 6.03 Å². The second-order valence-electron chi connectivity index (χ2n) is 5.16. The van der Waals surface area contributed by atoms with Gasteiger partial charge in [0.05, 0.1) is 12.3 Å². The Labute approximate surface area is 145 Å². The van der Waals surface area contributed by atoms with E-state index in [1.165, 1.54) is 18.2 Å². The van der Waals surface area contributed by atoms with E-state index in [2.05, 4.69) is 16.0 Å². The highest BCUT2D eigenvalue weighted by atomic mass is 19.1. The van der Waals surface area contributed by atoms with Crippen molar-refractivity contribution in [3.05, 3.63) is 59.4 Å². The molecule has 7 heteroatoms. The number of halogens is 1. The maximum atomic E-state index is 13.3. The van der Waals surface area contributed by atoms with Gasteiger partial charge in [0.25, 0.3) is 5.91 Å². The monoisotopic (exact) mass is 345 g/mol. The highest BCUT2D eigenvalue weighted by Crippen LogP contribution is 2.25. The van der Waals surface area contributed by atoms with Gasteiger partial charge in [-0.15, -0.1) is 0 Å². The van der Waals surface area contributed by atoms with Crippen molar-refractivity contribution in [2.45, 2.75) is 13.5 Å². The number of hydrogen-bond donors (Lipinski definition) is 3. The van der Waals surface area contributed by atoms with Crippen molar-refractivity contribution >= 4 is 17.6 Å². The van der Waals surface area contributed by atoms with Crippen LogP contribution in [0.3, 0.4) is 0 Å². The number of benzene rings is 2. The summed E-state index contributed by atoms with van der Waals surface area (Å²) in [5, 5.41) is 7.86. The number of amides is 3. The Bertz CT molecular complexity index is 748. The van der Waals surface area contributed by atoms with Gasteiger partial charge in [-0.05, 0) is 36.8 Å². The molecular weight excluding hydrogens is 325 g/mol. The number of carbonyl (C=O) groups is 2. The molecule has 0 radical (unpaired) electrons. The van der Waals surface area contributed by atoms with Crippen LogP contribution in [0, 0.1) is 5.82 Å². The lowest BCUT2D eigenvalue weighted by atomic mass is 10.1.